The standard InChI is InChI=1S/C11H11Cl2N3O3/c1-16-7(4-5(12)9(16)13)11(19)14-6-2-3-8(17)15-10(6)18/h4,6H,2-3H2,1H3,(H,14,19)(H,15,17,18). The Morgan fingerprint density at radius 1 is 1.47 bits per heavy atom. The van der Waals surface area contributed by atoms with Crippen LogP contribution in [0.2, 0.25) is 10.2 Å². The van der Waals surface area contributed by atoms with Crippen LogP contribution >= 0.6 is 23.2 Å². The Balaban J connectivity index is 2.11. The molecule has 2 N–H and O–H groups in total. The minimum atomic E-state index is -0.724. The van der Waals surface area contributed by atoms with Gasteiger partial charge in [-0.3, -0.25) is 19.7 Å². The molecule has 1 aliphatic heterocycles. The Bertz CT molecular complexity index is 568. The first-order valence-corrected chi connectivity index (χ1v) is 6.31. The highest BCUT2D eigenvalue weighted by molar-refractivity contribution is 6.41. The van der Waals surface area contributed by atoms with Crippen molar-refractivity contribution >= 4 is 40.9 Å². The lowest BCUT2D eigenvalue weighted by Gasteiger charge is -2.21. The molecule has 1 unspecified atom stereocenters. The molecule has 2 rings (SSSR count). The largest absolute Gasteiger partial charge is 0.339 e. The molecule has 6 nitrogen and oxygen atoms in total. The summed E-state index contributed by atoms with van der Waals surface area (Å²) in [5.41, 5.74) is 0.250. The van der Waals surface area contributed by atoms with Crippen molar-refractivity contribution in [3.8, 4) is 0 Å². The van der Waals surface area contributed by atoms with Gasteiger partial charge in [-0.05, 0) is 12.5 Å². The number of aromatic nitrogens is 1. The summed E-state index contributed by atoms with van der Waals surface area (Å²) in [6.45, 7) is 0. The van der Waals surface area contributed by atoms with E-state index in [1.165, 1.54) is 10.6 Å². The van der Waals surface area contributed by atoms with Crippen LogP contribution in [0.3, 0.4) is 0 Å². The number of nitrogens with one attached hydrogen (secondary N) is 2. The van der Waals surface area contributed by atoms with E-state index in [1.54, 1.807) is 7.05 Å². The number of carbonyl (C=O) groups excluding carboxylic acids is 3. The minimum Gasteiger partial charge on any atom is -0.339 e. The molecule has 3 amide bonds. The van der Waals surface area contributed by atoms with E-state index >= 15 is 0 Å². The third-order valence-corrected chi connectivity index (χ3v) is 3.74. The van der Waals surface area contributed by atoms with Gasteiger partial charge in [0.1, 0.15) is 16.9 Å². The highest BCUT2D eigenvalue weighted by Crippen LogP contribution is 2.25. The fourth-order valence-corrected chi connectivity index (χ4v) is 2.20. The third kappa shape index (κ3) is 2.74. The van der Waals surface area contributed by atoms with Crippen LogP contribution in [0.1, 0.15) is 23.3 Å². The average molecular weight is 304 g/mol. The predicted molar refractivity (Wildman–Crippen MR) is 69.1 cm³/mol. The maximum atomic E-state index is 12.0. The second-order valence-corrected chi connectivity index (χ2v) is 4.97. The summed E-state index contributed by atoms with van der Waals surface area (Å²) in [7, 11) is 1.59. The van der Waals surface area contributed by atoms with E-state index in [-0.39, 0.29) is 34.6 Å². The lowest BCUT2D eigenvalue weighted by atomic mass is 10.1. The van der Waals surface area contributed by atoms with Crippen molar-refractivity contribution < 1.29 is 14.4 Å². The van der Waals surface area contributed by atoms with Crippen LogP contribution in [0.25, 0.3) is 0 Å². The van der Waals surface area contributed by atoms with Gasteiger partial charge in [-0.2, -0.15) is 0 Å². The molecule has 0 bridgehead atoms. The molecule has 1 aromatic heterocycles. The predicted octanol–water partition coefficient (Wildman–Crippen LogP) is 0.867. The number of hydrogen-bond donors (Lipinski definition) is 2. The van der Waals surface area contributed by atoms with Gasteiger partial charge in [0.25, 0.3) is 5.91 Å². The van der Waals surface area contributed by atoms with E-state index in [4.69, 9.17) is 23.2 Å². The molecule has 1 aromatic rings. The zero-order valence-electron chi connectivity index (χ0n) is 10.00. The molecule has 0 saturated carbocycles. The molecular weight excluding hydrogens is 293 g/mol. The number of hydrogen-bond acceptors (Lipinski definition) is 3. The molecule has 0 aliphatic carbocycles. The molecule has 1 atom stereocenters. The van der Waals surface area contributed by atoms with Crippen molar-refractivity contribution in [1.82, 2.24) is 15.2 Å². The van der Waals surface area contributed by atoms with E-state index in [2.05, 4.69) is 10.6 Å². The number of carbonyl (C=O) groups is 3. The fraction of sp³-hybridized carbons (Fsp3) is 0.364. The topological polar surface area (TPSA) is 80.2 Å². The van der Waals surface area contributed by atoms with Crippen LogP contribution in [-0.2, 0) is 16.6 Å². The minimum absolute atomic E-state index is 0.200. The summed E-state index contributed by atoms with van der Waals surface area (Å²) >= 11 is 11.7. The SMILES string of the molecule is Cn1c(C(=O)NC2CCC(=O)NC2=O)cc(Cl)c1Cl. The van der Waals surface area contributed by atoms with Crippen molar-refractivity contribution in [1.29, 1.82) is 0 Å². The number of piperidine rings is 1. The highest BCUT2D eigenvalue weighted by atomic mass is 35.5. The van der Waals surface area contributed by atoms with Gasteiger partial charge < -0.3 is 9.88 Å². The van der Waals surface area contributed by atoms with Crippen LogP contribution in [0.4, 0.5) is 0 Å². The summed E-state index contributed by atoms with van der Waals surface area (Å²) < 4.78 is 1.42. The molecule has 0 spiro atoms. The summed E-state index contributed by atoms with van der Waals surface area (Å²) in [5, 5.41) is 5.22. The van der Waals surface area contributed by atoms with Crippen molar-refractivity contribution in [3.63, 3.8) is 0 Å². The van der Waals surface area contributed by atoms with E-state index < -0.39 is 17.9 Å². The Kier molecular flexibility index (Phi) is 3.82. The van der Waals surface area contributed by atoms with Crippen LogP contribution in [0.5, 0.6) is 0 Å². The first-order valence-electron chi connectivity index (χ1n) is 5.55. The van der Waals surface area contributed by atoms with Crippen molar-refractivity contribution in [2.75, 3.05) is 0 Å². The monoisotopic (exact) mass is 303 g/mol. The van der Waals surface area contributed by atoms with Gasteiger partial charge >= 0.3 is 0 Å². The second kappa shape index (κ2) is 5.22. The van der Waals surface area contributed by atoms with Gasteiger partial charge in [0.15, 0.2) is 0 Å². The van der Waals surface area contributed by atoms with Crippen molar-refractivity contribution in [2.45, 2.75) is 18.9 Å². The highest BCUT2D eigenvalue weighted by Gasteiger charge is 2.29. The molecule has 19 heavy (non-hydrogen) atoms. The van der Waals surface area contributed by atoms with E-state index in [0.29, 0.717) is 0 Å². The Morgan fingerprint density at radius 3 is 2.68 bits per heavy atom. The Hall–Kier alpha value is -1.53. The Labute approximate surface area is 119 Å². The molecule has 8 heteroatoms. The van der Waals surface area contributed by atoms with Gasteiger partial charge in [-0.25, -0.2) is 0 Å². The summed E-state index contributed by atoms with van der Waals surface area (Å²) in [6, 6.07) is 0.697. The molecule has 2 heterocycles. The van der Waals surface area contributed by atoms with Gasteiger partial charge in [-0.15, -0.1) is 0 Å². The smallest absolute Gasteiger partial charge is 0.268 e. The molecule has 1 aliphatic rings. The lowest BCUT2D eigenvalue weighted by Crippen LogP contribution is -2.52. The maximum absolute atomic E-state index is 12.0. The van der Waals surface area contributed by atoms with Gasteiger partial charge in [-0.1, -0.05) is 23.2 Å². The van der Waals surface area contributed by atoms with Crippen molar-refractivity contribution in [2.24, 2.45) is 7.05 Å². The van der Waals surface area contributed by atoms with Crippen LogP contribution in [0, 0.1) is 0 Å². The van der Waals surface area contributed by atoms with E-state index in [9.17, 15) is 14.4 Å². The zero-order valence-corrected chi connectivity index (χ0v) is 11.5. The zero-order chi connectivity index (χ0) is 14.2. The van der Waals surface area contributed by atoms with E-state index in [1.807, 2.05) is 0 Å². The number of imide groups is 1. The Morgan fingerprint density at radius 2 is 2.16 bits per heavy atom. The molecule has 0 radical (unpaired) electrons. The first-order chi connectivity index (χ1) is 8.90. The molecule has 0 aromatic carbocycles. The fourth-order valence-electron chi connectivity index (χ4n) is 1.82. The normalized spacial score (nSPS) is 19.2. The number of nitrogens with zero attached hydrogens (tertiary/aromatic N) is 1. The first kappa shape index (κ1) is 13.9. The maximum Gasteiger partial charge on any atom is 0.268 e. The molecule has 1 fully saturated rings. The van der Waals surface area contributed by atoms with Crippen LogP contribution in [-0.4, -0.2) is 28.3 Å². The van der Waals surface area contributed by atoms with Crippen LogP contribution in [0.15, 0.2) is 6.07 Å². The number of amides is 3. The summed E-state index contributed by atoms with van der Waals surface area (Å²) in [5.74, 6) is -1.30. The molecular formula is C11H11Cl2N3O3. The summed E-state index contributed by atoms with van der Waals surface area (Å²) in [4.78, 5) is 34.5. The van der Waals surface area contributed by atoms with Crippen molar-refractivity contribution in [3.05, 3.63) is 21.9 Å². The number of rotatable bonds is 2. The quantitative estimate of drug-likeness (QED) is 0.796. The number of halogens is 2. The van der Waals surface area contributed by atoms with E-state index in [0.717, 1.165) is 0 Å². The average Bonchev–Trinajstić information content (AvgIpc) is 2.60. The molecule has 1 saturated heterocycles. The van der Waals surface area contributed by atoms with Gasteiger partial charge in [0.2, 0.25) is 11.8 Å². The molecule has 102 valence electrons. The second-order valence-electron chi connectivity index (χ2n) is 4.20. The third-order valence-electron chi connectivity index (χ3n) is 2.89. The summed E-state index contributed by atoms with van der Waals surface area (Å²) in [6.07, 6.45) is 0.480. The van der Waals surface area contributed by atoms with Gasteiger partial charge in [0, 0.05) is 13.5 Å². The lowest BCUT2D eigenvalue weighted by molar-refractivity contribution is -0.134. The van der Waals surface area contributed by atoms with Crippen LogP contribution < -0.4 is 10.6 Å². The van der Waals surface area contributed by atoms with Gasteiger partial charge in [0.05, 0.1) is 5.02 Å².